The standard InChI is InChI=1S/C14H30N2/c1-12(2)16(4)11-10-15-14-7-5-6-13(3)8-9-14/h12-15H,5-11H2,1-4H3. The number of hydrogen-bond donors (Lipinski definition) is 1. The van der Waals surface area contributed by atoms with Crippen molar-refractivity contribution >= 4 is 0 Å². The first-order valence-corrected chi connectivity index (χ1v) is 7.03. The minimum absolute atomic E-state index is 0.663. The van der Waals surface area contributed by atoms with E-state index in [-0.39, 0.29) is 0 Å². The zero-order chi connectivity index (χ0) is 12.0. The molecule has 1 saturated carbocycles. The van der Waals surface area contributed by atoms with Crippen LogP contribution >= 0.6 is 0 Å². The quantitative estimate of drug-likeness (QED) is 0.725. The van der Waals surface area contributed by atoms with Gasteiger partial charge in [-0.25, -0.2) is 0 Å². The Bertz CT molecular complexity index is 180. The van der Waals surface area contributed by atoms with Gasteiger partial charge in [0, 0.05) is 25.2 Å². The molecule has 2 nitrogen and oxygen atoms in total. The molecule has 1 aliphatic rings. The van der Waals surface area contributed by atoms with Gasteiger partial charge in [-0.1, -0.05) is 19.8 Å². The highest BCUT2D eigenvalue weighted by Gasteiger charge is 2.15. The molecular formula is C14H30N2. The lowest BCUT2D eigenvalue weighted by molar-refractivity contribution is 0.266. The Balaban J connectivity index is 2.12. The highest BCUT2D eigenvalue weighted by atomic mass is 15.1. The van der Waals surface area contributed by atoms with Crippen LogP contribution in [0.1, 0.15) is 52.9 Å². The smallest absolute Gasteiger partial charge is 0.0107 e. The van der Waals surface area contributed by atoms with Gasteiger partial charge in [-0.15, -0.1) is 0 Å². The second kappa shape index (κ2) is 7.29. The van der Waals surface area contributed by atoms with Gasteiger partial charge < -0.3 is 10.2 Å². The Kier molecular flexibility index (Phi) is 6.37. The molecule has 0 saturated heterocycles. The first-order valence-electron chi connectivity index (χ1n) is 7.03. The molecule has 0 radical (unpaired) electrons. The molecule has 0 spiro atoms. The molecule has 0 heterocycles. The summed E-state index contributed by atoms with van der Waals surface area (Å²) in [6, 6.07) is 1.45. The van der Waals surface area contributed by atoms with Crippen LogP contribution in [0.5, 0.6) is 0 Å². The summed E-state index contributed by atoms with van der Waals surface area (Å²) in [5, 5.41) is 3.73. The number of likely N-dealkylation sites (N-methyl/N-ethyl adjacent to an activating group) is 1. The molecule has 2 heteroatoms. The predicted molar refractivity (Wildman–Crippen MR) is 71.8 cm³/mol. The van der Waals surface area contributed by atoms with Gasteiger partial charge in [0.05, 0.1) is 0 Å². The molecular weight excluding hydrogens is 196 g/mol. The second-order valence-electron chi connectivity index (χ2n) is 5.84. The molecule has 1 aliphatic carbocycles. The van der Waals surface area contributed by atoms with Crippen molar-refractivity contribution < 1.29 is 0 Å². The van der Waals surface area contributed by atoms with Gasteiger partial charge in [0.15, 0.2) is 0 Å². The van der Waals surface area contributed by atoms with Gasteiger partial charge >= 0.3 is 0 Å². The van der Waals surface area contributed by atoms with Gasteiger partial charge in [0.2, 0.25) is 0 Å². The third-order valence-electron chi connectivity index (χ3n) is 4.04. The van der Waals surface area contributed by atoms with Crippen LogP contribution in [0, 0.1) is 5.92 Å². The van der Waals surface area contributed by atoms with Gasteiger partial charge in [0.1, 0.15) is 0 Å². The van der Waals surface area contributed by atoms with Crippen LogP contribution in [0.25, 0.3) is 0 Å². The van der Waals surface area contributed by atoms with Crippen molar-refractivity contribution in [2.45, 2.75) is 65.0 Å². The van der Waals surface area contributed by atoms with Crippen LogP contribution in [-0.4, -0.2) is 37.1 Å². The highest BCUT2D eigenvalue weighted by Crippen LogP contribution is 2.22. The zero-order valence-corrected chi connectivity index (χ0v) is 11.6. The third-order valence-corrected chi connectivity index (χ3v) is 4.04. The lowest BCUT2D eigenvalue weighted by Crippen LogP contribution is -2.38. The monoisotopic (exact) mass is 226 g/mol. The van der Waals surface area contributed by atoms with Crippen molar-refractivity contribution in [3.05, 3.63) is 0 Å². The average molecular weight is 226 g/mol. The molecule has 1 fully saturated rings. The van der Waals surface area contributed by atoms with Gasteiger partial charge in [-0.3, -0.25) is 0 Å². The average Bonchev–Trinajstić information content (AvgIpc) is 2.43. The normalized spacial score (nSPS) is 27.4. The van der Waals surface area contributed by atoms with Crippen molar-refractivity contribution in [1.82, 2.24) is 10.2 Å². The molecule has 0 bridgehead atoms. The molecule has 0 aliphatic heterocycles. The molecule has 0 aromatic rings. The zero-order valence-electron chi connectivity index (χ0n) is 11.6. The van der Waals surface area contributed by atoms with E-state index >= 15 is 0 Å². The van der Waals surface area contributed by atoms with E-state index in [0.717, 1.165) is 18.5 Å². The Morgan fingerprint density at radius 2 is 1.94 bits per heavy atom. The highest BCUT2D eigenvalue weighted by molar-refractivity contribution is 4.73. The van der Waals surface area contributed by atoms with Gasteiger partial charge in [-0.2, -0.15) is 0 Å². The van der Waals surface area contributed by atoms with E-state index in [9.17, 15) is 0 Å². The van der Waals surface area contributed by atoms with Crippen LogP contribution in [0.4, 0.5) is 0 Å². The first kappa shape index (κ1) is 14.0. The number of nitrogens with zero attached hydrogens (tertiary/aromatic N) is 1. The summed E-state index contributed by atoms with van der Waals surface area (Å²) < 4.78 is 0. The van der Waals surface area contributed by atoms with E-state index in [1.54, 1.807) is 0 Å². The van der Waals surface area contributed by atoms with Crippen LogP contribution in [0.2, 0.25) is 0 Å². The van der Waals surface area contributed by atoms with E-state index in [0.29, 0.717) is 6.04 Å². The Morgan fingerprint density at radius 3 is 2.62 bits per heavy atom. The summed E-state index contributed by atoms with van der Waals surface area (Å²) >= 11 is 0. The SMILES string of the molecule is CC1CCCC(NCCN(C)C(C)C)CC1. The molecule has 0 amide bonds. The van der Waals surface area contributed by atoms with Crippen molar-refractivity contribution in [3.63, 3.8) is 0 Å². The lowest BCUT2D eigenvalue weighted by Gasteiger charge is -2.23. The second-order valence-corrected chi connectivity index (χ2v) is 5.84. The number of hydrogen-bond acceptors (Lipinski definition) is 2. The maximum Gasteiger partial charge on any atom is 0.0107 e. The molecule has 0 aromatic heterocycles. The number of rotatable bonds is 5. The van der Waals surface area contributed by atoms with Crippen LogP contribution < -0.4 is 5.32 Å². The van der Waals surface area contributed by atoms with Crippen LogP contribution in [0.3, 0.4) is 0 Å². The van der Waals surface area contributed by atoms with Crippen molar-refractivity contribution in [2.75, 3.05) is 20.1 Å². The van der Waals surface area contributed by atoms with Crippen molar-refractivity contribution in [2.24, 2.45) is 5.92 Å². The summed E-state index contributed by atoms with van der Waals surface area (Å²) in [5.74, 6) is 0.949. The van der Waals surface area contributed by atoms with Crippen molar-refractivity contribution in [3.8, 4) is 0 Å². The number of nitrogens with one attached hydrogen (secondary N) is 1. The topological polar surface area (TPSA) is 15.3 Å². The molecule has 96 valence electrons. The molecule has 1 N–H and O–H groups in total. The van der Waals surface area contributed by atoms with Gasteiger partial charge in [-0.05, 0) is 46.1 Å². The molecule has 0 aromatic carbocycles. The summed E-state index contributed by atoms with van der Waals surface area (Å²) in [6.07, 6.45) is 7.03. The maximum absolute atomic E-state index is 3.73. The fourth-order valence-corrected chi connectivity index (χ4v) is 2.39. The van der Waals surface area contributed by atoms with E-state index < -0.39 is 0 Å². The Hall–Kier alpha value is -0.0800. The molecule has 16 heavy (non-hydrogen) atoms. The van der Waals surface area contributed by atoms with E-state index in [2.05, 4.69) is 38.0 Å². The summed E-state index contributed by atoms with van der Waals surface area (Å²) in [4.78, 5) is 2.41. The fraction of sp³-hybridized carbons (Fsp3) is 1.00. The Morgan fingerprint density at radius 1 is 1.19 bits per heavy atom. The third kappa shape index (κ3) is 5.31. The van der Waals surface area contributed by atoms with E-state index in [4.69, 9.17) is 0 Å². The maximum atomic E-state index is 3.73. The summed E-state index contributed by atoms with van der Waals surface area (Å²) in [7, 11) is 2.21. The Labute approximate surface area is 102 Å². The minimum atomic E-state index is 0.663. The van der Waals surface area contributed by atoms with E-state index in [1.165, 1.54) is 38.6 Å². The van der Waals surface area contributed by atoms with Crippen molar-refractivity contribution in [1.29, 1.82) is 0 Å². The molecule has 2 atom stereocenters. The van der Waals surface area contributed by atoms with Crippen LogP contribution in [-0.2, 0) is 0 Å². The molecule has 1 rings (SSSR count). The largest absolute Gasteiger partial charge is 0.313 e. The fourth-order valence-electron chi connectivity index (χ4n) is 2.39. The minimum Gasteiger partial charge on any atom is -0.313 e. The molecule has 2 unspecified atom stereocenters. The van der Waals surface area contributed by atoms with E-state index in [1.807, 2.05) is 0 Å². The van der Waals surface area contributed by atoms with Crippen LogP contribution in [0.15, 0.2) is 0 Å². The van der Waals surface area contributed by atoms with Gasteiger partial charge in [0.25, 0.3) is 0 Å². The lowest BCUT2D eigenvalue weighted by atomic mass is 10.0. The predicted octanol–water partition coefficient (Wildman–Crippen LogP) is 2.89. The first-order chi connectivity index (χ1) is 7.59. The summed E-state index contributed by atoms with van der Waals surface area (Å²) in [6.45, 7) is 9.23. The summed E-state index contributed by atoms with van der Waals surface area (Å²) in [5.41, 5.74) is 0.